The summed E-state index contributed by atoms with van der Waals surface area (Å²) in [5.74, 6) is -2.38. The number of nitrogens with one attached hydrogen (secondary N) is 1. The molecule has 0 amide bonds. The fraction of sp³-hybridized carbons (Fsp3) is 0.400. The number of hydrogen-bond acceptors (Lipinski definition) is 3. The molecule has 1 heterocycles. The van der Waals surface area contributed by atoms with Gasteiger partial charge >= 0.3 is 12.1 Å². The molecular weight excluding hydrogens is 256 g/mol. The van der Waals surface area contributed by atoms with Crippen molar-refractivity contribution in [1.82, 2.24) is 4.98 Å². The van der Waals surface area contributed by atoms with Gasteiger partial charge in [-0.15, -0.1) is 0 Å². The number of carboxylic acids is 1. The first-order valence-electron chi connectivity index (χ1n) is 4.99. The Kier molecular flexibility index (Phi) is 4.46. The van der Waals surface area contributed by atoms with E-state index in [4.69, 9.17) is 5.11 Å². The quantitative estimate of drug-likeness (QED) is 0.635. The fourth-order valence-electron chi connectivity index (χ4n) is 1.24. The van der Waals surface area contributed by atoms with Crippen LogP contribution in [0.25, 0.3) is 0 Å². The van der Waals surface area contributed by atoms with Crippen LogP contribution < -0.4 is 5.32 Å². The van der Waals surface area contributed by atoms with Crippen molar-refractivity contribution in [3.8, 4) is 0 Å². The summed E-state index contributed by atoms with van der Waals surface area (Å²) in [4.78, 5) is 14.2. The van der Waals surface area contributed by atoms with E-state index in [0.29, 0.717) is 0 Å². The number of alkyl halides is 3. The Morgan fingerprint density at radius 2 is 2.11 bits per heavy atom. The summed E-state index contributed by atoms with van der Waals surface area (Å²) in [6.45, 7) is -0.0988. The molecule has 0 spiro atoms. The highest BCUT2D eigenvalue weighted by molar-refractivity contribution is 5.93. The van der Waals surface area contributed by atoms with Crippen LogP contribution in [0.1, 0.15) is 23.2 Å². The average molecular weight is 266 g/mol. The number of pyridine rings is 1. The maximum Gasteiger partial charge on any atom is 0.389 e. The second-order valence-corrected chi connectivity index (χ2v) is 3.50. The molecule has 0 saturated carbocycles. The van der Waals surface area contributed by atoms with Crippen LogP contribution in [0.15, 0.2) is 12.3 Å². The van der Waals surface area contributed by atoms with Crippen molar-refractivity contribution in [2.75, 3.05) is 11.9 Å². The molecule has 100 valence electrons. The Morgan fingerprint density at radius 3 is 2.67 bits per heavy atom. The molecule has 8 heteroatoms. The van der Waals surface area contributed by atoms with Gasteiger partial charge in [-0.05, 0) is 12.5 Å². The van der Waals surface area contributed by atoms with Gasteiger partial charge in [0.1, 0.15) is 17.2 Å². The zero-order valence-corrected chi connectivity index (χ0v) is 9.09. The third-order valence-corrected chi connectivity index (χ3v) is 2.01. The van der Waals surface area contributed by atoms with Gasteiger partial charge in [-0.2, -0.15) is 13.2 Å². The second kappa shape index (κ2) is 5.65. The molecule has 0 atom stereocenters. The molecule has 1 rings (SSSR count). The van der Waals surface area contributed by atoms with Crippen molar-refractivity contribution >= 4 is 11.8 Å². The maximum atomic E-state index is 12.7. The van der Waals surface area contributed by atoms with Gasteiger partial charge in [0.15, 0.2) is 0 Å². The largest absolute Gasteiger partial charge is 0.478 e. The lowest BCUT2D eigenvalue weighted by atomic mass is 10.2. The summed E-state index contributed by atoms with van der Waals surface area (Å²) in [6, 6.07) is 0.751. The Morgan fingerprint density at radius 1 is 1.44 bits per heavy atom. The molecule has 18 heavy (non-hydrogen) atoms. The maximum absolute atomic E-state index is 12.7. The van der Waals surface area contributed by atoms with Gasteiger partial charge in [0.05, 0.1) is 6.20 Å². The van der Waals surface area contributed by atoms with E-state index in [1.807, 2.05) is 0 Å². The van der Waals surface area contributed by atoms with E-state index >= 15 is 0 Å². The Labute approximate surface area is 99.6 Å². The molecular formula is C10H10F4N2O2. The predicted molar refractivity (Wildman–Crippen MR) is 54.9 cm³/mol. The van der Waals surface area contributed by atoms with E-state index in [9.17, 15) is 22.4 Å². The van der Waals surface area contributed by atoms with Crippen LogP contribution in [-0.2, 0) is 0 Å². The number of anilines is 1. The number of carboxylic acid groups (broad SMARTS) is 1. The first-order valence-corrected chi connectivity index (χ1v) is 4.99. The number of nitrogens with zero attached hydrogens (tertiary/aromatic N) is 1. The van der Waals surface area contributed by atoms with Crippen molar-refractivity contribution < 1.29 is 27.5 Å². The van der Waals surface area contributed by atoms with Crippen LogP contribution >= 0.6 is 0 Å². The van der Waals surface area contributed by atoms with Gasteiger partial charge in [0.2, 0.25) is 0 Å². The molecule has 1 aromatic heterocycles. The molecule has 0 fully saturated rings. The van der Waals surface area contributed by atoms with Gasteiger partial charge in [-0.25, -0.2) is 14.2 Å². The highest BCUT2D eigenvalue weighted by atomic mass is 19.4. The molecule has 2 N–H and O–H groups in total. The summed E-state index contributed by atoms with van der Waals surface area (Å²) in [5, 5.41) is 11.2. The molecule has 1 aromatic rings. The molecule has 0 aliphatic heterocycles. The number of halogens is 4. The Hall–Kier alpha value is -1.86. The third-order valence-electron chi connectivity index (χ3n) is 2.01. The predicted octanol–water partition coefficient (Wildman–Crippen LogP) is 2.67. The molecule has 0 aliphatic rings. The normalized spacial score (nSPS) is 11.3. The van der Waals surface area contributed by atoms with Gasteiger partial charge in [-0.3, -0.25) is 0 Å². The van der Waals surface area contributed by atoms with Gasteiger partial charge in [0.25, 0.3) is 0 Å². The van der Waals surface area contributed by atoms with Crippen molar-refractivity contribution in [2.24, 2.45) is 0 Å². The Bertz CT molecular complexity index is 434. The van der Waals surface area contributed by atoms with E-state index in [1.165, 1.54) is 0 Å². The fourth-order valence-corrected chi connectivity index (χ4v) is 1.24. The molecule has 0 saturated heterocycles. The molecule has 4 nitrogen and oxygen atoms in total. The first kappa shape index (κ1) is 14.2. The van der Waals surface area contributed by atoms with Gasteiger partial charge in [-0.1, -0.05) is 0 Å². The minimum absolute atomic E-state index is 0.0988. The average Bonchev–Trinajstić information content (AvgIpc) is 2.24. The Balaban J connectivity index is 2.59. The van der Waals surface area contributed by atoms with Crippen molar-refractivity contribution in [2.45, 2.75) is 19.0 Å². The lowest BCUT2D eigenvalue weighted by Gasteiger charge is -2.09. The molecule has 0 bridgehead atoms. The summed E-state index contributed by atoms with van der Waals surface area (Å²) in [5.41, 5.74) is -0.415. The molecule has 0 aliphatic carbocycles. The van der Waals surface area contributed by atoms with E-state index in [0.717, 1.165) is 12.3 Å². The van der Waals surface area contributed by atoms with Crippen LogP contribution in [0.2, 0.25) is 0 Å². The van der Waals surface area contributed by atoms with Crippen LogP contribution in [0.4, 0.5) is 23.4 Å². The lowest BCUT2D eigenvalue weighted by Crippen LogP contribution is -2.13. The monoisotopic (exact) mass is 266 g/mol. The van der Waals surface area contributed by atoms with E-state index < -0.39 is 29.9 Å². The molecule has 0 unspecified atom stereocenters. The zero-order chi connectivity index (χ0) is 13.8. The topological polar surface area (TPSA) is 62.2 Å². The van der Waals surface area contributed by atoms with Crippen molar-refractivity contribution in [3.63, 3.8) is 0 Å². The van der Waals surface area contributed by atoms with E-state index in [-0.39, 0.29) is 18.8 Å². The van der Waals surface area contributed by atoms with E-state index in [2.05, 4.69) is 10.3 Å². The SMILES string of the molecule is O=C(O)c1cc(F)cnc1NCCCC(F)(F)F. The summed E-state index contributed by atoms with van der Waals surface area (Å²) < 4.78 is 48.3. The van der Waals surface area contributed by atoms with Crippen LogP contribution in [0.5, 0.6) is 0 Å². The summed E-state index contributed by atoms with van der Waals surface area (Å²) in [6.07, 6.45) is -4.67. The molecule has 0 radical (unpaired) electrons. The van der Waals surface area contributed by atoms with Gasteiger partial charge < -0.3 is 10.4 Å². The number of aromatic nitrogens is 1. The van der Waals surface area contributed by atoms with Crippen LogP contribution in [0.3, 0.4) is 0 Å². The zero-order valence-electron chi connectivity index (χ0n) is 9.09. The van der Waals surface area contributed by atoms with Gasteiger partial charge in [0, 0.05) is 13.0 Å². The standard InChI is InChI=1S/C10H10F4N2O2/c11-6-4-7(9(17)18)8(16-5-6)15-3-1-2-10(12,13)14/h4-5H,1-3H2,(H,15,16)(H,17,18). The summed E-state index contributed by atoms with van der Waals surface area (Å²) >= 11 is 0. The number of hydrogen-bond donors (Lipinski definition) is 2. The minimum atomic E-state index is -4.26. The van der Waals surface area contributed by atoms with Crippen molar-refractivity contribution in [1.29, 1.82) is 0 Å². The number of rotatable bonds is 5. The lowest BCUT2D eigenvalue weighted by molar-refractivity contribution is -0.134. The third kappa shape index (κ3) is 4.56. The highest BCUT2D eigenvalue weighted by Crippen LogP contribution is 2.21. The highest BCUT2D eigenvalue weighted by Gasteiger charge is 2.26. The minimum Gasteiger partial charge on any atom is -0.478 e. The molecule has 0 aromatic carbocycles. The van der Waals surface area contributed by atoms with Crippen molar-refractivity contribution in [3.05, 3.63) is 23.6 Å². The first-order chi connectivity index (χ1) is 8.29. The number of carbonyl (C=O) groups is 1. The number of aromatic carboxylic acids is 1. The van der Waals surface area contributed by atoms with Crippen LogP contribution in [0, 0.1) is 5.82 Å². The van der Waals surface area contributed by atoms with Crippen LogP contribution in [-0.4, -0.2) is 28.8 Å². The second-order valence-electron chi connectivity index (χ2n) is 3.50. The van der Waals surface area contributed by atoms with E-state index in [1.54, 1.807) is 0 Å². The smallest absolute Gasteiger partial charge is 0.389 e. The summed E-state index contributed by atoms with van der Waals surface area (Å²) in [7, 11) is 0.